The van der Waals surface area contributed by atoms with E-state index in [2.05, 4.69) is 10.2 Å². The van der Waals surface area contributed by atoms with Crippen molar-refractivity contribution in [3.63, 3.8) is 0 Å². The van der Waals surface area contributed by atoms with Gasteiger partial charge in [-0.1, -0.05) is 11.6 Å². The lowest BCUT2D eigenvalue weighted by Gasteiger charge is -2.27. The van der Waals surface area contributed by atoms with E-state index >= 15 is 0 Å². The fourth-order valence-electron chi connectivity index (χ4n) is 2.93. The summed E-state index contributed by atoms with van der Waals surface area (Å²) in [4.78, 5) is 0. The van der Waals surface area contributed by atoms with Gasteiger partial charge in [-0.15, -0.1) is 5.11 Å². The van der Waals surface area contributed by atoms with Crippen LogP contribution in [-0.2, 0) is 0 Å². The summed E-state index contributed by atoms with van der Waals surface area (Å²) in [5.41, 5.74) is 2.59. The average Bonchev–Trinajstić information content (AvgIpc) is 2.77. The Balaban J connectivity index is 1.84. The molecule has 1 aromatic heterocycles. The van der Waals surface area contributed by atoms with Crippen molar-refractivity contribution in [3.05, 3.63) is 52.8 Å². The second kappa shape index (κ2) is 6.35. The van der Waals surface area contributed by atoms with Crippen LogP contribution >= 0.6 is 23.4 Å². The van der Waals surface area contributed by atoms with E-state index in [0.29, 0.717) is 21.8 Å². The van der Waals surface area contributed by atoms with Crippen molar-refractivity contribution in [2.24, 2.45) is 10.2 Å². The zero-order valence-corrected chi connectivity index (χ0v) is 15.0. The van der Waals surface area contributed by atoms with Crippen molar-refractivity contribution in [3.8, 4) is 5.88 Å². The number of hydrogen-bond acceptors (Lipinski definition) is 4. The Kier molecular flexibility index (Phi) is 4.17. The van der Waals surface area contributed by atoms with Crippen LogP contribution in [0.25, 0.3) is 10.9 Å². The zero-order chi connectivity index (χ0) is 17.6. The molecule has 25 heavy (non-hydrogen) atoms. The van der Waals surface area contributed by atoms with Crippen LogP contribution in [0.5, 0.6) is 5.88 Å². The maximum Gasteiger partial charge on any atom is 0.221 e. The minimum atomic E-state index is -0.369. The van der Waals surface area contributed by atoms with E-state index in [1.54, 1.807) is 24.3 Å². The molecule has 4 nitrogen and oxygen atoms in total. The molecule has 3 aromatic rings. The molecule has 1 aliphatic heterocycles. The van der Waals surface area contributed by atoms with Gasteiger partial charge >= 0.3 is 0 Å². The monoisotopic (exact) mass is 375 g/mol. The molecule has 4 rings (SSSR count). The van der Waals surface area contributed by atoms with Crippen molar-refractivity contribution in [2.45, 2.75) is 13.0 Å². The lowest BCUT2D eigenvalue weighted by atomic mass is 10.2. The highest BCUT2D eigenvalue weighted by Crippen LogP contribution is 2.45. The minimum absolute atomic E-state index is 0.0290. The highest BCUT2D eigenvalue weighted by molar-refractivity contribution is 8.00. The van der Waals surface area contributed by atoms with Gasteiger partial charge in [0.15, 0.2) is 5.69 Å². The van der Waals surface area contributed by atoms with Gasteiger partial charge in [-0.25, -0.2) is 4.39 Å². The number of nitrogens with zero attached hydrogens (tertiary/aromatic N) is 3. The molecule has 0 unspecified atom stereocenters. The summed E-state index contributed by atoms with van der Waals surface area (Å²) in [5, 5.41) is 20.3. The maximum atomic E-state index is 13.7. The molecule has 7 heteroatoms. The molecular weight excluding hydrogens is 361 g/mol. The first-order valence-electron chi connectivity index (χ1n) is 7.82. The molecule has 0 atom stereocenters. The number of aromatic hydroxyl groups is 1. The summed E-state index contributed by atoms with van der Waals surface area (Å²) in [5.74, 6) is 1.50. The van der Waals surface area contributed by atoms with E-state index in [9.17, 15) is 9.50 Å². The van der Waals surface area contributed by atoms with Crippen LogP contribution in [0.1, 0.15) is 11.6 Å². The van der Waals surface area contributed by atoms with Gasteiger partial charge in [-0.2, -0.15) is 16.9 Å². The minimum Gasteiger partial charge on any atom is -0.493 e. The predicted molar refractivity (Wildman–Crippen MR) is 100 cm³/mol. The summed E-state index contributed by atoms with van der Waals surface area (Å²) < 4.78 is 15.6. The van der Waals surface area contributed by atoms with Gasteiger partial charge in [-0.3, -0.25) is 0 Å². The Morgan fingerprint density at radius 2 is 2.00 bits per heavy atom. The van der Waals surface area contributed by atoms with E-state index in [1.807, 2.05) is 23.3 Å². The van der Waals surface area contributed by atoms with Crippen LogP contribution in [0.3, 0.4) is 0 Å². The Morgan fingerprint density at radius 1 is 1.20 bits per heavy atom. The van der Waals surface area contributed by atoms with Gasteiger partial charge in [0.2, 0.25) is 5.88 Å². The number of fused-ring (bicyclic) bond motifs is 1. The number of hydrogen-bond donors (Lipinski definition) is 1. The molecular formula is C18H15ClFN3OS. The Morgan fingerprint density at radius 3 is 2.68 bits per heavy atom. The molecule has 2 aromatic carbocycles. The fraction of sp³-hybridized carbons (Fsp3) is 0.222. The number of benzene rings is 2. The van der Waals surface area contributed by atoms with Crippen molar-refractivity contribution in [1.82, 2.24) is 4.57 Å². The smallest absolute Gasteiger partial charge is 0.221 e. The van der Waals surface area contributed by atoms with Crippen LogP contribution in [0.2, 0.25) is 5.02 Å². The molecule has 1 aliphatic rings. The van der Waals surface area contributed by atoms with Gasteiger partial charge in [0.1, 0.15) is 5.82 Å². The molecule has 0 aliphatic carbocycles. The summed E-state index contributed by atoms with van der Waals surface area (Å²) in [6.07, 6.45) is 0. The van der Waals surface area contributed by atoms with Crippen molar-refractivity contribution >= 4 is 45.6 Å². The maximum absolute atomic E-state index is 13.7. The van der Waals surface area contributed by atoms with E-state index < -0.39 is 0 Å². The number of aromatic nitrogens is 1. The van der Waals surface area contributed by atoms with Crippen LogP contribution in [0.15, 0.2) is 46.6 Å². The van der Waals surface area contributed by atoms with Gasteiger partial charge in [-0.05, 0) is 48.9 Å². The predicted octanol–water partition coefficient (Wildman–Crippen LogP) is 6.15. The molecule has 2 heterocycles. The SMILES string of the molecule is Cc1cc(Cl)ccc1N=Nc1c(O)n(C2CSC2)c2ccc(F)cc12. The first-order chi connectivity index (χ1) is 12.0. The molecule has 1 N–H and O–H groups in total. The van der Waals surface area contributed by atoms with Crippen molar-refractivity contribution in [1.29, 1.82) is 0 Å². The number of halogens is 2. The highest BCUT2D eigenvalue weighted by atomic mass is 35.5. The van der Waals surface area contributed by atoms with Crippen LogP contribution < -0.4 is 0 Å². The van der Waals surface area contributed by atoms with Crippen molar-refractivity contribution in [2.75, 3.05) is 11.5 Å². The second-order valence-electron chi connectivity index (χ2n) is 6.03. The van der Waals surface area contributed by atoms with Crippen LogP contribution in [0.4, 0.5) is 15.8 Å². The normalized spacial score (nSPS) is 15.2. The molecule has 0 bridgehead atoms. The summed E-state index contributed by atoms with van der Waals surface area (Å²) >= 11 is 7.77. The Bertz CT molecular complexity index is 998. The fourth-order valence-corrected chi connectivity index (χ4v) is 3.90. The van der Waals surface area contributed by atoms with E-state index in [-0.39, 0.29) is 17.7 Å². The lowest BCUT2D eigenvalue weighted by Crippen LogP contribution is -2.22. The number of azo groups is 1. The number of thioether (sulfide) groups is 1. The second-order valence-corrected chi connectivity index (χ2v) is 7.54. The quantitative estimate of drug-likeness (QED) is 0.558. The topological polar surface area (TPSA) is 49.9 Å². The summed E-state index contributed by atoms with van der Waals surface area (Å²) in [6.45, 7) is 1.88. The molecule has 128 valence electrons. The Hall–Kier alpha value is -2.05. The molecule has 1 saturated heterocycles. The third-order valence-electron chi connectivity index (χ3n) is 4.32. The lowest BCUT2D eigenvalue weighted by molar-refractivity contribution is 0.406. The molecule has 0 spiro atoms. The van der Waals surface area contributed by atoms with Crippen molar-refractivity contribution < 1.29 is 9.50 Å². The van der Waals surface area contributed by atoms with E-state index in [4.69, 9.17) is 11.6 Å². The van der Waals surface area contributed by atoms with Gasteiger partial charge in [0.25, 0.3) is 0 Å². The number of aryl methyl sites for hydroxylation is 1. The summed E-state index contributed by atoms with van der Waals surface area (Å²) in [7, 11) is 0. The molecule has 1 fully saturated rings. The first-order valence-corrected chi connectivity index (χ1v) is 9.36. The van der Waals surface area contributed by atoms with Gasteiger partial charge < -0.3 is 9.67 Å². The third kappa shape index (κ3) is 2.89. The standard InChI is InChI=1S/C18H15ClFN3OS/c1-10-6-11(19)2-4-15(10)21-22-17-14-7-12(20)3-5-16(14)23(18(17)24)13-8-25-9-13/h2-7,13,24H,8-9H2,1H3. The van der Waals surface area contributed by atoms with E-state index in [0.717, 1.165) is 22.6 Å². The largest absolute Gasteiger partial charge is 0.493 e. The number of rotatable bonds is 3. The molecule has 0 saturated carbocycles. The average molecular weight is 376 g/mol. The summed E-state index contributed by atoms with van der Waals surface area (Å²) in [6, 6.07) is 9.95. The molecule has 0 radical (unpaired) electrons. The highest BCUT2D eigenvalue weighted by Gasteiger charge is 2.27. The van der Waals surface area contributed by atoms with Crippen LogP contribution in [0, 0.1) is 12.7 Å². The third-order valence-corrected chi connectivity index (χ3v) is 5.79. The van der Waals surface area contributed by atoms with E-state index in [1.165, 1.54) is 12.1 Å². The zero-order valence-electron chi connectivity index (χ0n) is 13.4. The van der Waals surface area contributed by atoms with Gasteiger partial charge in [0.05, 0.1) is 17.2 Å². The molecule has 0 amide bonds. The van der Waals surface area contributed by atoms with Crippen LogP contribution in [-0.4, -0.2) is 21.2 Å². The van der Waals surface area contributed by atoms with Gasteiger partial charge in [0, 0.05) is 21.9 Å². The Labute approximate surface area is 153 Å². The first kappa shape index (κ1) is 16.4.